The Balaban J connectivity index is 1.05. The maximum atomic E-state index is 14.2. The first-order chi connectivity index (χ1) is 32.9. The van der Waals surface area contributed by atoms with Gasteiger partial charge in [0.1, 0.15) is 23.9 Å². The summed E-state index contributed by atoms with van der Waals surface area (Å²) >= 11 is 8.18. The first-order valence-corrected chi connectivity index (χ1v) is 25.0. The van der Waals surface area contributed by atoms with Crippen molar-refractivity contribution in [1.29, 1.82) is 0 Å². The maximum Gasteiger partial charge on any atom is 0.409 e. The fourth-order valence-corrected chi connectivity index (χ4v) is 9.31. The molecule has 1 aromatic rings. The number of hydrogen-bond donors (Lipinski definition) is 2. The summed E-state index contributed by atoms with van der Waals surface area (Å²) in [4.78, 5) is 67.5. The van der Waals surface area contributed by atoms with E-state index in [2.05, 4.69) is 5.32 Å². The smallest absolute Gasteiger partial charge is 0.409 e. The molecule has 4 aliphatic rings. The van der Waals surface area contributed by atoms with Crippen molar-refractivity contribution in [1.82, 2.24) is 10.2 Å². The SMILES string of the molecule is CO[C@@H]1/C=C/C=C(\C)Cc2cc(C)c(Cl)c(c2)N(C)C(=O)C[C@H](OC(=O)[C@H](C)OCCOCCOCCOCCOCCOCCN2C(=O)CC(SC)C2=O)[C@]2(C)O[C@H]2[C@H](C)[C@@H]2C[C@@]1(O)NC(=O)O2. The van der Waals surface area contributed by atoms with E-state index in [1.165, 1.54) is 28.7 Å². The van der Waals surface area contributed by atoms with Crippen molar-refractivity contribution in [2.45, 2.75) is 107 Å². The Hall–Kier alpha value is -3.67. The van der Waals surface area contributed by atoms with Gasteiger partial charge in [-0.15, -0.1) is 0 Å². The predicted molar refractivity (Wildman–Crippen MR) is 255 cm³/mol. The zero-order valence-corrected chi connectivity index (χ0v) is 42.6. The Kier molecular flexibility index (Phi) is 21.8. The van der Waals surface area contributed by atoms with Crippen LogP contribution in [0.2, 0.25) is 5.02 Å². The molecule has 1 unspecified atom stereocenters. The Bertz CT molecular complexity index is 1990. The average Bonchev–Trinajstić information content (AvgIpc) is 3.93. The molecular weight excluding hydrogens is 942 g/mol. The Morgan fingerprint density at radius 1 is 0.942 bits per heavy atom. The Morgan fingerprint density at radius 2 is 1.55 bits per heavy atom. The number of halogens is 1. The van der Waals surface area contributed by atoms with Gasteiger partial charge in [-0.2, -0.15) is 11.8 Å². The zero-order chi connectivity index (χ0) is 50.3. The van der Waals surface area contributed by atoms with Crippen LogP contribution in [0, 0.1) is 12.8 Å². The molecule has 386 valence electrons. The second-order valence-corrected chi connectivity index (χ2v) is 19.1. The fraction of sp³-hybridized carbons (Fsp3) is 0.688. The third-order valence-corrected chi connectivity index (χ3v) is 14.0. The number of hydrogen-bond acceptors (Lipinski definition) is 17. The van der Waals surface area contributed by atoms with Crippen molar-refractivity contribution in [3.63, 3.8) is 0 Å². The van der Waals surface area contributed by atoms with Crippen LogP contribution in [-0.2, 0) is 73.0 Å². The molecule has 4 bridgehead atoms. The number of nitrogens with one attached hydrogen (secondary N) is 1. The van der Waals surface area contributed by atoms with Gasteiger partial charge < -0.3 is 57.4 Å². The predicted octanol–water partition coefficient (Wildman–Crippen LogP) is 3.95. The van der Waals surface area contributed by atoms with Gasteiger partial charge in [0.15, 0.2) is 11.8 Å². The van der Waals surface area contributed by atoms with Gasteiger partial charge in [0.25, 0.3) is 0 Å². The van der Waals surface area contributed by atoms with Gasteiger partial charge in [0.2, 0.25) is 17.7 Å². The molecule has 9 atom stereocenters. The molecule has 69 heavy (non-hydrogen) atoms. The van der Waals surface area contributed by atoms with Gasteiger partial charge in [-0.1, -0.05) is 48.4 Å². The Morgan fingerprint density at radius 3 is 2.14 bits per heavy atom. The van der Waals surface area contributed by atoms with Gasteiger partial charge >= 0.3 is 12.1 Å². The third kappa shape index (κ3) is 15.7. The van der Waals surface area contributed by atoms with E-state index in [0.717, 1.165) is 16.7 Å². The summed E-state index contributed by atoms with van der Waals surface area (Å²) in [6.45, 7) is 12.4. The largest absolute Gasteiger partial charge is 0.457 e. The summed E-state index contributed by atoms with van der Waals surface area (Å²) in [6, 6.07) is 3.81. The number of imide groups is 1. The number of fused-ring (bicyclic) bond motifs is 5. The van der Waals surface area contributed by atoms with Gasteiger partial charge in [-0.3, -0.25) is 24.6 Å². The zero-order valence-electron chi connectivity index (χ0n) is 41.0. The number of benzene rings is 1. The average molecular weight is 1010 g/mol. The van der Waals surface area contributed by atoms with Crippen LogP contribution in [0.1, 0.15) is 58.1 Å². The van der Waals surface area contributed by atoms with E-state index in [0.29, 0.717) is 63.4 Å². The number of likely N-dealkylation sites (tertiary alicyclic amines) is 1. The number of carbonyl (C=O) groups excluding carboxylic acids is 5. The van der Waals surface area contributed by atoms with Crippen LogP contribution in [0.3, 0.4) is 0 Å². The summed E-state index contributed by atoms with van der Waals surface area (Å²) in [7, 11) is 3.06. The normalized spacial score (nSPS) is 29.2. The quantitative estimate of drug-likeness (QED) is 0.0686. The van der Waals surface area contributed by atoms with E-state index in [1.54, 1.807) is 33.0 Å². The van der Waals surface area contributed by atoms with Crippen molar-refractivity contribution < 1.29 is 76.4 Å². The van der Waals surface area contributed by atoms with Crippen molar-refractivity contribution in [2.75, 3.05) is 105 Å². The monoisotopic (exact) mass is 1010 g/mol. The van der Waals surface area contributed by atoms with Crippen LogP contribution >= 0.6 is 23.4 Å². The number of epoxide rings is 1. The molecular formula is C48H70ClN3O16S. The number of esters is 1. The standard InChI is InChI=1S/C48H70ClN3O16S/c1-30-10-9-11-38(59-7)48(58)29-36(66-46(57)50-48)32(3)43-47(5,68-43)39(28-40(53)51(6)35-26-34(24-30)25-31(2)42(35)49)67-45(56)33(4)65-23-22-64-21-20-63-19-18-62-17-16-61-15-14-60-13-12-52-41(54)27-37(69-8)44(52)55/h9-11,25-26,32-33,36-39,43,58H,12-24,27-29H2,1-8H3,(H,50,57)/b11-9+,30-10+/t32-,33+,36+,37?,38-,39+,43+,47+,48+/m1/s1. The summed E-state index contributed by atoms with van der Waals surface area (Å²) in [5.41, 5.74) is 0.141. The number of anilines is 1. The molecule has 1 aromatic carbocycles. The number of nitrogens with zero attached hydrogens (tertiary/aromatic N) is 2. The molecule has 0 spiro atoms. The van der Waals surface area contributed by atoms with E-state index in [9.17, 15) is 29.1 Å². The molecule has 4 aliphatic heterocycles. The van der Waals surface area contributed by atoms with Gasteiger partial charge in [0.05, 0.1) is 108 Å². The second kappa shape index (κ2) is 26.7. The molecule has 0 saturated carbocycles. The minimum absolute atomic E-state index is 0.0444. The molecule has 4 heterocycles. The summed E-state index contributed by atoms with van der Waals surface area (Å²) in [6.07, 6.45) is 2.22. The molecule has 5 rings (SSSR count). The molecule has 3 fully saturated rings. The first kappa shape index (κ1) is 56.2. The van der Waals surface area contributed by atoms with Crippen LogP contribution < -0.4 is 10.2 Å². The van der Waals surface area contributed by atoms with Gasteiger partial charge in [-0.05, 0) is 57.6 Å². The van der Waals surface area contributed by atoms with E-state index < -0.39 is 59.8 Å². The number of ether oxygens (including phenoxy) is 10. The van der Waals surface area contributed by atoms with Crippen LogP contribution in [0.15, 0.2) is 35.9 Å². The highest BCUT2D eigenvalue weighted by atomic mass is 35.5. The van der Waals surface area contributed by atoms with Crippen LogP contribution in [0.5, 0.6) is 0 Å². The van der Waals surface area contributed by atoms with E-state index in [4.69, 9.17) is 59.0 Å². The lowest BCUT2D eigenvalue weighted by molar-refractivity contribution is -0.166. The van der Waals surface area contributed by atoms with E-state index in [1.807, 2.05) is 45.2 Å². The number of allylic oxidation sites excluding steroid dienone is 3. The maximum absolute atomic E-state index is 14.2. The minimum Gasteiger partial charge on any atom is -0.457 e. The topological polar surface area (TPSA) is 220 Å². The Labute approximate surface area is 414 Å². The first-order valence-electron chi connectivity index (χ1n) is 23.3. The number of thioether (sulfide) groups is 1. The highest BCUT2D eigenvalue weighted by Crippen LogP contribution is 2.49. The lowest BCUT2D eigenvalue weighted by Gasteiger charge is -2.42. The highest BCUT2D eigenvalue weighted by molar-refractivity contribution is 8.00. The molecule has 0 aromatic heterocycles. The van der Waals surface area contributed by atoms with Crippen molar-refractivity contribution in [2.24, 2.45) is 5.92 Å². The molecule has 4 amide bonds. The lowest BCUT2D eigenvalue weighted by Crippen LogP contribution is -2.63. The summed E-state index contributed by atoms with van der Waals surface area (Å²) < 4.78 is 57.1. The third-order valence-electron chi connectivity index (χ3n) is 12.6. The number of aliphatic hydroxyl groups is 1. The van der Waals surface area contributed by atoms with Gasteiger partial charge in [-0.25, -0.2) is 9.59 Å². The van der Waals surface area contributed by atoms with Crippen LogP contribution in [0.4, 0.5) is 10.5 Å². The molecule has 0 radical (unpaired) electrons. The number of aryl methyl sites for hydroxylation is 1. The molecule has 19 nitrogen and oxygen atoms in total. The number of carbonyl (C=O) groups is 5. The fourth-order valence-electron chi connectivity index (χ4n) is 8.44. The summed E-state index contributed by atoms with van der Waals surface area (Å²) in [5.74, 6) is -1.94. The van der Waals surface area contributed by atoms with Gasteiger partial charge in [0, 0.05) is 32.9 Å². The van der Waals surface area contributed by atoms with E-state index in [-0.39, 0.29) is 75.2 Å². The summed E-state index contributed by atoms with van der Waals surface area (Å²) in [5, 5.41) is 14.4. The number of alkyl carbamates (subject to hydrolysis) is 1. The lowest BCUT2D eigenvalue weighted by atomic mass is 9.83. The second-order valence-electron chi connectivity index (χ2n) is 17.7. The molecule has 2 N–H and O–H groups in total. The number of methoxy groups -OCH3 is 1. The molecule has 21 heteroatoms. The van der Waals surface area contributed by atoms with Crippen molar-refractivity contribution >= 4 is 58.8 Å². The van der Waals surface area contributed by atoms with Crippen LogP contribution in [0.25, 0.3) is 0 Å². The molecule has 0 aliphatic carbocycles. The number of rotatable bonds is 23. The van der Waals surface area contributed by atoms with E-state index >= 15 is 0 Å². The van der Waals surface area contributed by atoms with Crippen molar-refractivity contribution in [3.8, 4) is 0 Å². The molecule has 3 saturated heterocycles. The van der Waals surface area contributed by atoms with Crippen LogP contribution in [-0.4, -0.2) is 187 Å². The highest BCUT2D eigenvalue weighted by Gasteiger charge is 2.64. The van der Waals surface area contributed by atoms with Crippen molar-refractivity contribution in [3.05, 3.63) is 52.1 Å². The number of amides is 4. The minimum atomic E-state index is -1.82.